The van der Waals surface area contributed by atoms with E-state index in [1.807, 2.05) is 37.4 Å². The molecule has 0 unspecified atom stereocenters. The van der Waals surface area contributed by atoms with Gasteiger partial charge in [-0.15, -0.1) is 0 Å². The van der Waals surface area contributed by atoms with Crippen LogP contribution in [0.5, 0.6) is 5.88 Å². The summed E-state index contributed by atoms with van der Waals surface area (Å²) in [4.78, 5) is 41.2. The third-order valence-corrected chi connectivity index (χ3v) is 18.5. The number of piperidine rings is 1. The Morgan fingerprint density at radius 1 is 0.986 bits per heavy atom. The molecule has 2 aromatic carbocycles. The maximum atomic E-state index is 14.7. The number of carbonyl (C=O) groups is 1. The van der Waals surface area contributed by atoms with E-state index in [2.05, 4.69) is 54.3 Å². The lowest BCUT2D eigenvalue weighted by Gasteiger charge is -2.57. The van der Waals surface area contributed by atoms with Crippen molar-refractivity contribution in [3.05, 3.63) is 92.3 Å². The Hall–Kier alpha value is -5.31. The van der Waals surface area contributed by atoms with Crippen molar-refractivity contribution in [2.24, 2.45) is 11.3 Å². The number of sulfonamides is 1. The molecule has 0 bridgehead atoms. The minimum atomic E-state index is -4.62. The molecule has 1 spiro atoms. The first-order valence-corrected chi connectivity index (χ1v) is 27.7. The summed E-state index contributed by atoms with van der Waals surface area (Å²) in [5.74, 6) is 0.158. The number of morpholine rings is 1. The van der Waals surface area contributed by atoms with Crippen molar-refractivity contribution < 1.29 is 37.5 Å². The molecule has 5 aromatic rings. The summed E-state index contributed by atoms with van der Waals surface area (Å²) >= 11 is 1.79. The predicted molar refractivity (Wildman–Crippen MR) is 273 cm³/mol. The molecule has 4 aliphatic heterocycles. The zero-order chi connectivity index (χ0) is 49.2. The van der Waals surface area contributed by atoms with E-state index in [-0.39, 0.29) is 34.7 Å². The van der Waals surface area contributed by atoms with Gasteiger partial charge in [0.05, 0.1) is 58.6 Å². The number of pyridine rings is 1. The van der Waals surface area contributed by atoms with Gasteiger partial charge in [0.2, 0.25) is 5.88 Å². The number of nitrogens with zero attached hydrogens (tertiary/aromatic N) is 5. The van der Waals surface area contributed by atoms with Gasteiger partial charge >= 0.3 is 0 Å². The second kappa shape index (κ2) is 18.9. The van der Waals surface area contributed by atoms with Crippen LogP contribution in [-0.2, 0) is 19.5 Å². The molecular formula is C52H64N8O9S2. The Bertz CT molecular complexity index is 2910. The van der Waals surface area contributed by atoms with Crippen LogP contribution < -0.4 is 24.6 Å². The summed E-state index contributed by atoms with van der Waals surface area (Å²) in [5.41, 5.74) is 4.97. The summed E-state index contributed by atoms with van der Waals surface area (Å²) in [6.07, 6.45) is 9.13. The molecule has 19 heteroatoms. The minimum absolute atomic E-state index is 0.116. The number of rotatable bonds is 12. The lowest BCUT2D eigenvalue weighted by Crippen LogP contribution is -2.58. The zero-order valence-electron chi connectivity index (χ0n) is 40.6. The molecule has 17 nitrogen and oxygen atoms in total. The molecule has 2 aliphatic carbocycles. The van der Waals surface area contributed by atoms with E-state index in [9.17, 15) is 28.4 Å². The average Bonchev–Trinajstić information content (AvgIpc) is 4.04. The first-order chi connectivity index (χ1) is 34.1. The predicted octanol–water partition coefficient (Wildman–Crippen LogP) is 8.64. The zero-order valence-corrected chi connectivity index (χ0v) is 42.2. The first kappa shape index (κ1) is 48.0. The molecule has 7 heterocycles. The summed E-state index contributed by atoms with van der Waals surface area (Å²) in [5, 5.41) is 31.4. The summed E-state index contributed by atoms with van der Waals surface area (Å²) < 4.78 is 49.1. The molecular weight excluding hydrogens is 945 g/mol. The second-order valence-electron chi connectivity index (χ2n) is 21.4. The number of aromatic nitrogens is 2. The van der Waals surface area contributed by atoms with Crippen LogP contribution in [0.4, 0.5) is 28.4 Å². The number of thiophene rings is 1. The molecule has 2 saturated carbocycles. The van der Waals surface area contributed by atoms with Crippen LogP contribution in [0.2, 0.25) is 0 Å². The smallest absolute Gasteiger partial charge is 0.293 e. The van der Waals surface area contributed by atoms with Gasteiger partial charge in [-0.25, -0.2) is 13.1 Å². The fourth-order valence-electron chi connectivity index (χ4n) is 12.2. The van der Waals surface area contributed by atoms with Crippen LogP contribution in [0.1, 0.15) is 112 Å². The molecule has 11 rings (SSSR count). The maximum absolute atomic E-state index is 14.7. The van der Waals surface area contributed by atoms with E-state index in [1.165, 1.54) is 23.3 Å². The number of nitro groups is 1. The number of ether oxygens (including phenoxy) is 3. The van der Waals surface area contributed by atoms with E-state index in [0.717, 1.165) is 88.5 Å². The number of fused-ring (bicyclic) bond motifs is 3. The number of amides is 1. The summed E-state index contributed by atoms with van der Waals surface area (Å²) in [7, 11) is -4.62. The van der Waals surface area contributed by atoms with Gasteiger partial charge in [-0.2, -0.15) is 16.3 Å². The van der Waals surface area contributed by atoms with Crippen molar-refractivity contribution in [1.29, 1.82) is 0 Å². The molecule has 3 aromatic heterocycles. The molecule has 0 radical (unpaired) electrons. The summed E-state index contributed by atoms with van der Waals surface area (Å²) in [6.45, 7) is 11.6. The Labute approximate surface area is 418 Å². The Morgan fingerprint density at radius 2 is 1.77 bits per heavy atom. The fraction of sp³-hybridized carbons (Fsp3) is 0.538. The van der Waals surface area contributed by atoms with Gasteiger partial charge in [0.25, 0.3) is 21.6 Å². The topological polar surface area (TPSA) is 205 Å². The Balaban J connectivity index is 0.865. The van der Waals surface area contributed by atoms with Crippen molar-refractivity contribution in [3.63, 3.8) is 0 Å². The van der Waals surface area contributed by atoms with Crippen LogP contribution in [0, 0.1) is 21.4 Å². The number of anilines is 4. The summed E-state index contributed by atoms with van der Waals surface area (Å²) in [6, 6.07) is 13.7. The highest BCUT2D eigenvalue weighted by atomic mass is 32.2. The van der Waals surface area contributed by atoms with E-state index < -0.39 is 43.1 Å². The van der Waals surface area contributed by atoms with Gasteiger partial charge in [-0.05, 0) is 146 Å². The van der Waals surface area contributed by atoms with Gasteiger partial charge in [-0.1, -0.05) is 13.8 Å². The van der Waals surface area contributed by atoms with Crippen LogP contribution >= 0.6 is 11.3 Å². The highest BCUT2D eigenvalue weighted by molar-refractivity contribution is 7.90. The monoisotopic (exact) mass is 1010 g/mol. The molecule has 5 fully saturated rings. The highest BCUT2D eigenvalue weighted by Crippen LogP contribution is 2.54. The van der Waals surface area contributed by atoms with E-state index in [0.29, 0.717) is 73.9 Å². The number of carbonyl (C=O) groups excluding carboxylic acids is 1. The largest absolute Gasteiger partial charge is 0.468 e. The Kier molecular flexibility index (Phi) is 12.8. The van der Waals surface area contributed by atoms with Gasteiger partial charge in [0.15, 0.2) is 0 Å². The molecule has 3 atom stereocenters. The third-order valence-electron chi connectivity index (χ3n) is 16.4. The highest BCUT2D eigenvalue weighted by Gasteiger charge is 2.50. The van der Waals surface area contributed by atoms with Crippen molar-refractivity contribution in [3.8, 4) is 5.88 Å². The number of hydrogen-bond donors (Lipinski definition) is 4. The first-order valence-electron chi connectivity index (χ1n) is 25.3. The van der Waals surface area contributed by atoms with E-state index >= 15 is 0 Å². The molecule has 4 N–H and O–H groups in total. The van der Waals surface area contributed by atoms with Gasteiger partial charge in [0, 0.05) is 62.2 Å². The SMILES string of the molecule is CC(C)c1cscc1[C@@H]1COCCN1C1CC2(CCN(c3ccc(C(=O)NS(=O)(=O)c4ccc(NCC5CCC(C)(O)CC5)c([N+](=O)[O-])c4)c(N4c5cc6cc[nH]c6nc5O[C@H]5COCC[C@@H]54)c3)CC2)C1. The third kappa shape index (κ3) is 9.37. The normalized spacial score (nSPS) is 25.9. The van der Waals surface area contributed by atoms with Crippen LogP contribution in [-0.4, -0.2) is 116 Å². The fourth-order valence-corrected chi connectivity index (χ4v) is 14.3. The van der Waals surface area contributed by atoms with Crippen molar-refractivity contribution in [2.75, 3.05) is 67.7 Å². The van der Waals surface area contributed by atoms with Crippen molar-refractivity contribution in [1.82, 2.24) is 19.6 Å². The number of hydrogen-bond acceptors (Lipinski definition) is 15. The lowest BCUT2D eigenvalue weighted by molar-refractivity contribution is -0.384. The van der Waals surface area contributed by atoms with Crippen LogP contribution in [0.3, 0.4) is 0 Å². The van der Waals surface area contributed by atoms with Crippen LogP contribution in [0.25, 0.3) is 11.0 Å². The number of nitrogens with one attached hydrogen (secondary N) is 3. The van der Waals surface area contributed by atoms with E-state index in [4.69, 9.17) is 19.2 Å². The number of benzene rings is 2. The molecule has 1 amide bonds. The molecule has 6 aliphatic rings. The number of aliphatic hydroxyl groups is 1. The van der Waals surface area contributed by atoms with E-state index in [1.54, 1.807) is 17.4 Å². The van der Waals surface area contributed by atoms with Gasteiger partial charge in [0.1, 0.15) is 23.1 Å². The Morgan fingerprint density at radius 3 is 2.55 bits per heavy atom. The number of H-pyrrole nitrogens is 1. The average molecular weight is 1010 g/mol. The lowest BCUT2D eigenvalue weighted by atomic mass is 9.59. The molecule has 71 heavy (non-hydrogen) atoms. The van der Waals surface area contributed by atoms with Crippen LogP contribution in [0.15, 0.2) is 70.4 Å². The number of nitro benzene ring substituents is 1. The molecule has 3 saturated heterocycles. The standard InChI is InChI=1S/C52H64N8O9S2/c1-32(2)39-30-70-31-40(39)46-28-68-21-19-58(46)36-25-52(26-36)14-17-57(18-15-52)35-4-6-38(43(23-35)59-42-11-20-67-29-47(42)69-50-45(59)22-34-10-16-53-48(34)55-50)49(61)56-71(65,66)37-5-7-41(44(24-37)60(63)64)54-27-33-8-12-51(3,62)13-9-33/h4-7,10,16,22-24,30-33,36,42,46-47,54,62H,8-9,11-15,17-21,25-29H2,1-3H3,(H,53,55)(H,56,61)/t33?,42-,46-,47-,51?/m0/s1. The number of aromatic amines is 1. The second-order valence-corrected chi connectivity index (χ2v) is 23.8. The maximum Gasteiger partial charge on any atom is 0.293 e. The van der Waals surface area contributed by atoms with Gasteiger partial charge in [-0.3, -0.25) is 19.8 Å². The quantitative estimate of drug-likeness (QED) is 0.0683. The minimum Gasteiger partial charge on any atom is -0.468 e. The van der Waals surface area contributed by atoms with Crippen molar-refractivity contribution in [2.45, 2.75) is 119 Å². The molecule has 378 valence electrons. The van der Waals surface area contributed by atoms with Gasteiger partial charge < -0.3 is 39.4 Å². The van der Waals surface area contributed by atoms with Crippen molar-refractivity contribution >= 4 is 66.7 Å².